The number of aliphatic carboxylic acids is 1. The van der Waals surface area contributed by atoms with Crippen LogP contribution in [0.5, 0.6) is 0 Å². The van der Waals surface area contributed by atoms with Crippen LogP contribution in [-0.4, -0.2) is 57.8 Å². The summed E-state index contributed by atoms with van der Waals surface area (Å²) >= 11 is 2.71. The van der Waals surface area contributed by atoms with Crippen LogP contribution in [0.1, 0.15) is 12.5 Å². The number of esters is 1. The van der Waals surface area contributed by atoms with E-state index < -0.39 is 35.3 Å². The number of nitrogens with one attached hydrogen (secondary N) is 1. The Kier molecular flexibility index (Phi) is 5.33. The maximum atomic E-state index is 12.4. The summed E-state index contributed by atoms with van der Waals surface area (Å²) in [6, 6.07) is -0.128. The molecule has 3 heterocycles. The molecule has 2 amide bonds. The largest absolute Gasteiger partial charge is 0.479 e. The lowest BCUT2D eigenvalue weighted by Gasteiger charge is -2.51. The Morgan fingerprint density at radius 2 is 2.15 bits per heavy atom. The van der Waals surface area contributed by atoms with E-state index in [1.165, 1.54) is 34.9 Å². The number of nitrogens with zero attached hydrogens (tertiary/aromatic N) is 1. The van der Waals surface area contributed by atoms with Gasteiger partial charge in [-0.05, 0) is 27.8 Å². The molecular formula is C16H16N2O6S2. The molecule has 0 bridgehead atoms. The average Bonchev–Trinajstić information content (AvgIpc) is 3.09. The van der Waals surface area contributed by atoms with Gasteiger partial charge in [0.25, 0.3) is 0 Å². The van der Waals surface area contributed by atoms with Crippen molar-refractivity contribution in [2.24, 2.45) is 0 Å². The Bertz CT molecular complexity index is 776. The number of thiophene rings is 1. The molecule has 26 heavy (non-hydrogen) atoms. The van der Waals surface area contributed by atoms with Gasteiger partial charge in [-0.2, -0.15) is 11.3 Å². The maximum absolute atomic E-state index is 12.4. The van der Waals surface area contributed by atoms with E-state index in [1.807, 2.05) is 16.8 Å². The van der Waals surface area contributed by atoms with Crippen molar-refractivity contribution in [1.29, 1.82) is 0 Å². The Morgan fingerprint density at radius 3 is 2.77 bits per heavy atom. The standard InChI is InChI=1S/C16H16N2O6S2/c1-8(19)24-5-10-7-26-15-12(14(21)18(15)13(10)16(22)23)17-11(20)4-9-2-3-25-6-9/h2-3,6-7,12-13,15H,4-5H2,1H3,(H,17,20)(H,22,23)/t12-,13?,15-/m1/s1. The Hall–Kier alpha value is -2.33. The van der Waals surface area contributed by atoms with E-state index in [4.69, 9.17) is 4.74 Å². The first-order valence-corrected chi connectivity index (χ1v) is 9.60. The number of carbonyl (C=O) groups excluding carboxylic acids is 3. The summed E-state index contributed by atoms with van der Waals surface area (Å²) in [5.41, 5.74) is 1.18. The minimum Gasteiger partial charge on any atom is -0.479 e. The van der Waals surface area contributed by atoms with E-state index in [1.54, 1.807) is 5.41 Å². The highest BCUT2D eigenvalue weighted by Gasteiger charge is 2.55. The fourth-order valence-corrected chi connectivity index (χ4v) is 4.69. The molecule has 0 aromatic carbocycles. The molecule has 10 heteroatoms. The van der Waals surface area contributed by atoms with Crippen LogP contribution in [0.25, 0.3) is 0 Å². The van der Waals surface area contributed by atoms with Crippen molar-refractivity contribution >= 4 is 46.9 Å². The third kappa shape index (κ3) is 3.61. The molecule has 1 aromatic rings. The molecule has 3 rings (SSSR count). The van der Waals surface area contributed by atoms with Crippen LogP contribution >= 0.6 is 23.1 Å². The van der Waals surface area contributed by atoms with E-state index in [9.17, 15) is 24.3 Å². The molecule has 1 aromatic heterocycles. The molecule has 3 atom stereocenters. The number of amides is 2. The maximum Gasteiger partial charge on any atom is 0.330 e. The van der Waals surface area contributed by atoms with Gasteiger partial charge in [-0.3, -0.25) is 14.4 Å². The van der Waals surface area contributed by atoms with Crippen molar-refractivity contribution in [3.63, 3.8) is 0 Å². The van der Waals surface area contributed by atoms with Gasteiger partial charge in [-0.25, -0.2) is 4.79 Å². The first kappa shape index (κ1) is 18.5. The SMILES string of the molecule is CC(=O)OCC1=CS[C@@H]2[C@H](NC(=O)Cc3ccsc3)C(=O)N2C1C(=O)O. The number of carbonyl (C=O) groups is 4. The zero-order valence-corrected chi connectivity index (χ0v) is 15.3. The lowest BCUT2D eigenvalue weighted by molar-refractivity contribution is -0.160. The van der Waals surface area contributed by atoms with Crippen LogP contribution in [0, 0.1) is 0 Å². The van der Waals surface area contributed by atoms with Gasteiger partial charge in [-0.1, -0.05) is 0 Å². The molecule has 0 spiro atoms. The molecule has 8 nitrogen and oxygen atoms in total. The smallest absolute Gasteiger partial charge is 0.330 e. The Balaban J connectivity index is 1.67. The van der Waals surface area contributed by atoms with Gasteiger partial charge in [0, 0.05) is 12.5 Å². The third-order valence-corrected chi connectivity index (χ3v) is 5.95. The first-order chi connectivity index (χ1) is 12.4. The van der Waals surface area contributed by atoms with Crippen LogP contribution in [0.3, 0.4) is 0 Å². The minimum atomic E-state index is -1.20. The number of thioether (sulfide) groups is 1. The molecule has 0 saturated carbocycles. The summed E-state index contributed by atoms with van der Waals surface area (Å²) < 4.78 is 4.86. The van der Waals surface area contributed by atoms with Gasteiger partial charge in [-0.15, -0.1) is 11.8 Å². The predicted octanol–water partition coefficient (Wildman–Crippen LogP) is 0.591. The fraction of sp³-hybridized carbons (Fsp3) is 0.375. The quantitative estimate of drug-likeness (QED) is 0.534. The number of carboxylic acids is 1. The molecule has 1 saturated heterocycles. The molecule has 1 unspecified atom stereocenters. The zero-order chi connectivity index (χ0) is 18.8. The van der Waals surface area contributed by atoms with Crippen molar-refractivity contribution in [2.75, 3.05) is 6.61 Å². The number of fused-ring (bicyclic) bond motifs is 1. The van der Waals surface area contributed by atoms with Crippen LogP contribution in [0.4, 0.5) is 0 Å². The van der Waals surface area contributed by atoms with Gasteiger partial charge >= 0.3 is 11.9 Å². The summed E-state index contributed by atoms with van der Waals surface area (Å²) in [4.78, 5) is 48.3. The summed E-state index contributed by atoms with van der Waals surface area (Å²) in [7, 11) is 0. The number of hydrogen-bond donors (Lipinski definition) is 2. The Morgan fingerprint density at radius 1 is 1.38 bits per heavy atom. The van der Waals surface area contributed by atoms with Crippen molar-refractivity contribution in [2.45, 2.75) is 30.8 Å². The number of β-lactam (4-membered cyclic amide) rings is 1. The molecule has 1 fully saturated rings. The minimum absolute atomic E-state index is 0.167. The average molecular weight is 396 g/mol. The highest BCUT2D eigenvalue weighted by atomic mass is 32.2. The second-order valence-electron chi connectivity index (χ2n) is 5.84. The topological polar surface area (TPSA) is 113 Å². The number of hydrogen-bond acceptors (Lipinski definition) is 7. The molecule has 0 aliphatic carbocycles. The predicted molar refractivity (Wildman–Crippen MR) is 94.3 cm³/mol. The monoisotopic (exact) mass is 396 g/mol. The lowest BCUT2D eigenvalue weighted by Crippen LogP contribution is -2.74. The highest BCUT2D eigenvalue weighted by Crippen LogP contribution is 2.40. The first-order valence-electron chi connectivity index (χ1n) is 7.71. The molecular weight excluding hydrogens is 380 g/mol. The second kappa shape index (κ2) is 7.50. The van der Waals surface area contributed by atoms with E-state index >= 15 is 0 Å². The lowest BCUT2D eigenvalue weighted by atomic mass is 9.98. The van der Waals surface area contributed by atoms with Crippen LogP contribution < -0.4 is 5.32 Å². The summed E-state index contributed by atoms with van der Waals surface area (Å²) in [6.45, 7) is 1.04. The van der Waals surface area contributed by atoms with Gasteiger partial charge in [0.15, 0.2) is 6.04 Å². The molecule has 0 radical (unpaired) electrons. The van der Waals surface area contributed by atoms with E-state index in [-0.39, 0.29) is 18.9 Å². The van der Waals surface area contributed by atoms with Crippen LogP contribution in [0.15, 0.2) is 27.8 Å². The highest BCUT2D eigenvalue weighted by molar-refractivity contribution is 8.02. The zero-order valence-electron chi connectivity index (χ0n) is 13.7. The number of ether oxygens (including phenoxy) is 1. The third-order valence-electron chi connectivity index (χ3n) is 4.01. The van der Waals surface area contributed by atoms with Crippen LogP contribution in [-0.2, 0) is 30.3 Å². The molecule has 2 N–H and O–H groups in total. The van der Waals surface area contributed by atoms with Gasteiger partial charge in [0.05, 0.1) is 6.42 Å². The van der Waals surface area contributed by atoms with Gasteiger partial charge in [0.1, 0.15) is 18.0 Å². The second-order valence-corrected chi connectivity index (χ2v) is 7.61. The normalized spacial score (nSPS) is 24.2. The Labute approximate surface area is 157 Å². The van der Waals surface area contributed by atoms with E-state index in [2.05, 4.69) is 5.32 Å². The van der Waals surface area contributed by atoms with Crippen molar-refractivity contribution in [3.05, 3.63) is 33.4 Å². The van der Waals surface area contributed by atoms with Crippen LogP contribution in [0.2, 0.25) is 0 Å². The number of rotatable bonds is 6. The van der Waals surface area contributed by atoms with Crippen molar-refractivity contribution in [3.8, 4) is 0 Å². The summed E-state index contributed by atoms with van der Waals surface area (Å²) in [6.07, 6.45) is 0.167. The summed E-state index contributed by atoms with van der Waals surface area (Å²) in [5.74, 6) is -2.48. The fourth-order valence-electron chi connectivity index (χ4n) is 2.82. The number of carboxylic acid groups (broad SMARTS) is 1. The van der Waals surface area contributed by atoms with E-state index in [0.29, 0.717) is 5.57 Å². The van der Waals surface area contributed by atoms with E-state index in [0.717, 1.165) is 5.56 Å². The molecule has 138 valence electrons. The van der Waals surface area contributed by atoms with Gasteiger partial charge < -0.3 is 20.1 Å². The molecule has 2 aliphatic rings. The van der Waals surface area contributed by atoms with Gasteiger partial charge in [0.2, 0.25) is 11.8 Å². The summed E-state index contributed by atoms with van der Waals surface area (Å²) in [5, 5.41) is 17.0. The van der Waals surface area contributed by atoms with Crippen molar-refractivity contribution < 1.29 is 29.0 Å². The van der Waals surface area contributed by atoms with Crippen molar-refractivity contribution in [1.82, 2.24) is 10.2 Å². The molecule has 2 aliphatic heterocycles.